The first-order chi connectivity index (χ1) is 21.9. The van der Waals surface area contributed by atoms with Crippen LogP contribution in [0.4, 0.5) is 13.2 Å². The first kappa shape index (κ1) is 32.0. The minimum atomic E-state index is -4.44. The van der Waals surface area contributed by atoms with Crippen molar-refractivity contribution in [1.29, 1.82) is 0 Å². The van der Waals surface area contributed by atoms with Crippen LogP contribution in [0.5, 0.6) is 0 Å². The quantitative estimate of drug-likeness (QED) is 0.201. The molecule has 1 saturated heterocycles. The van der Waals surface area contributed by atoms with Crippen LogP contribution in [-0.2, 0) is 19.0 Å². The first-order valence-corrected chi connectivity index (χ1v) is 16.8. The molecule has 0 N–H and O–H groups in total. The van der Waals surface area contributed by atoms with Gasteiger partial charge in [0.25, 0.3) is 11.5 Å². The number of para-hydroxylation sites is 1. The summed E-state index contributed by atoms with van der Waals surface area (Å²) in [5.41, 5.74) is 5.23. The molecule has 5 nitrogen and oxygen atoms in total. The van der Waals surface area contributed by atoms with Gasteiger partial charge in [0.15, 0.2) is 0 Å². The van der Waals surface area contributed by atoms with Crippen LogP contribution < -0.4 is 5.56 Å². The van der Waals surface area contributed by atoms with Gasteiger partial charge < -0.3 is 4.90 Å². The zero-order valence-corrected chi connectivity index (χ0v) is 27.4. The second kappa shape index (κ2) is 12.3. The lowest BCUT2D eigenvalue weighted by molar-refractivity contribution is -0.137. The average molecular weight is 646 g/mol. The van der Waals surface area contributed by atoms with Crippen LogP contribution in [0.25, 0.3) is 33.6 Å². The van der Waals surface area contributed by atoms with Crippen LogP contribution in [0.3, 0.4) is 0 Å². The fourth-order valence-corrected chi connectivity index (χ4v) is 7.43. The first-order valence-electron chi connectivity index (χ1n) is 15.9. The molecule has 0 unspecified atom stereocenters. The number of carbonyl (C=O) groups excluding carboxylic acids is 1. The van der Waals surface area contributed by atoms with Gasteiger partial charge in [0, 0.05) is 24.0 Å². The van der Waals surface area contributed by atoms with E-state index in [0.29, 0.717) is 52.5 Å². The Kier molecular flexibility index (Phi) is 8.57. The van der Waals surface area contributed by atoms with E-state index in [1.807, 2.05) is 43.0 Å². The van der Waals surface area contributed by atoms with Crippen molar-refractivity contribution in [3.05, 3.63) is 97.8 Å². The number of aromatic nitrogens is 2. The molecule has 1 saturated carbocycles. The number of hydrogen-bond donors (Lipinski definition) is 0. The molecule has 1 amide bonds. The molecule has 9 heteroatoms. The van der Waals surface area contributed by atoms with E-state index in [9.17, 15) is 22.8 Å². The maximum atomic E-state index is 14.7. The van der Waals surface area contributed by atoms with Crippen LogP contribution >= 0.6 is 11.3 Å². The number of carbonyl (C=O) groups is 1. The fraction of sp³-hybridized carbons (Fsp3) is 0.378. The van der Waals surface area contributed by atoms with E-state index < -0.39 is 11.7 Å². The van der Waals surface area contributed by atoms with E-state index in [-0.39, 0.29) is 16.9 Å². The summed E-state index contributed by atoms with van der Waals surface area (Å²) in [6.45, 7) is 9.42. The Bertz CT molecular complexity index is 1850. The van der Waals surface area contributed by atoms with Gasteiger partial charge in [0.2, 0.25) is 0 Å². The molecule has 3 heterocycles. The third kappa shape index (κ3) is 6.09. The Morgan fingerprint density at radius 2 is 1.70 bits per heavy atom. The van der Waals surface area contributed by atoms with Gasteiger partial charge in [-0.3, -0.25) is 14.2 Å². The molecule has 2 aromatic carbocycles. The molecule has 6 rings (SSSR count). The van der Waals surface area contributed by atoms with Crippen LogP contribution in [0.1, 0.15) is 86.1 Å². The minimum Gasteiger partial charge on any atom is -0.338 e. The minimum absolute atomic E-state index is 0.0972. The van der Waals surface area contributed by atoms with Gasteiger partial charge in [-0.05, 0) is 93.2 Å². The summed E-state index contributed by atoms with van der Waals surface area (Å²) in [5.74, 6) is -0.0972. The summed E-state index contributed by atoms with van der Waals surface area (Å²) in [6, 6.07) is 12.6. The number of rotatable bonds is 7. The number of likely N-dealkylation sites (tertiary alicyclic amines) is 1. The third-order valence-electron chi connectivity index (χ3n) is 9.23. The molecule has 0 bridgehead atoms. The second-order valence-electron chi connectivity index (χ2n) is 12.8. The van der Waals surface area contributed by atoms with Crippen molar-refractivity contribution in [3.8, 4) is 27.5 Å². The smallest absolute Gasteiger partial charge is 0.338 e. The van der Waals surface area contributed by atoms with Gasteiger partial charge in [-0.25, -0.2) is 4.98 Å². The highest BCUT2D eigenvalue weighted by Gasteiger charge is 2.46. The fourth-order valence-electron chi connectivity index (χ4n) is 6.59. The summed E-state index contributed by atoms with van der Waals surface area (Å²) in [6.07, 6.45) is 3.25. The Morgan fingerprint density at radius 3 is 2.28 bits per heavy atom. The molecule has 4 aromatic rings. The molecule has 0 radical (unpaired) electrons. The number of thiazole rings is 1. The van der Waals surface area contributed by atoms with Crippen LogP contribution in [0, 0.1) is 5.41 Å². The molecular weight excluding hydrogens is 607 g/mol. The monoisotopic (exact) mass is 645 g/mol. The number of aryl methyl sites for hydroxylation is 2. The maximum absolute atomic E-state index is 14.7. The van der Waals surface area contributed by atoms with Crippen molar-refractivity contribution in [2.45, 2.75) is 72.4 Å². The number of pyridine rings is 1. The van der Waals surface area contributed by atoms with E-state index in [0.717, 1.165) is 66.7 Å². The topological polar surface area (TPSA) is 55.2 Å². The highest BCUT2D eigenvalue weighted by molar-refractivity contribution is 7.13. The van der Waals surface area contributed by atoms with Crippen LogP contribution in [0.2, 0.25) is 0 Å². The molecule has 2 aliphatic rings. The van der Waals surface area contributed by atoms with Crippen LogP contribution in [0.15, 0.2) is 64.3 Å². The van der Waals surface area contributed by atoms with Crippen molar-refractivity contribution in [2.24, 2.45) is 5.41 Å². The molecule has 1 spiro atoms. The highest BCUT2D eigenvalue weighted by Crippen LogP contribution is 2.52. The Hall–Kier alpha value is -3.98. The number of nitrogens with zero attached hydrogens (tertiary/aromatic N) is 3. The van der Waals surface area contributed by atoms with Gasteiger partial charge >= 0.3 is 6.18 Å². The SMILES string of the molecule is CCc1cccc(CC)c1-n1c(C=C(C)C)c(C(=O)N2CCCC3(CC3)C2)cc(-c2nc(-c3ccc(C(F)(F)F)cc3)cs2)c1=O. The van der Waals surface area contributed by atoms with Crippen molar-refractivity contribution >= 4 is 23.3 Å². The Balaban J connectivity index is 1.57. The van der Waals surface area contributed by atoms with Crippen molar-refractivity contribution in [2.75, 3.05) is 13.1 Å². The summed E-state index contributed by atoms with van der Waals surface area (Å²) >= 11 is 1.24. The average Bonchev–Trinajstić information content (AvgIpc) is 3.58. The van der Waals surface area contributed by atoms with E-state index in [1.54, 1.807) is 16.0 Å². The lowest BCUT2D eigenvalue weighted by Gasteiger charge is -2.33. The molecular formula is C37H38F3N3O2S. The lowest BCUT2D eigenvalue weighted by Crippen LogP contribution is -2.41. The summed E-state index contributed by atoms with van der Waals surface area (Å²) in [5, 5.41) is 2.15. The maximum Gasteiger partial charge on any atom is 0.416 e. The van der Waals surface area contributed by atoms with E-state index in [2.05, 4.69) is 13.8 Å². The molecule has 1 aliphatic heterocycles. The Morgan fingerprint density at radius 1 is 1.02 bits per heavy atom. The summed E-state index contributed by atoms with van der Waals surface area (Å²) in [4.78, 5) is 35.9. The lowest BCUT2D eigenvalue weighted by atomic mass is 9.94. The number of piperidine rings is 1. The number of benzene rings is 2. The standard InChI is InChI=1S/C37H38F3N3O2S/c1-5-24-9-7-10-25(6-2)32(24)43-31(19-23(3)4)28(34(44)42-18-8-15-36(22-42)16-17-36)20-29(35(43)45)33-41-30(21-46-33)26-11-13-27(14-12-26)37(38,39)40/h7,9-14,19-21H,5-6,8,15-18,22H2,1-4H3. The number of hydrogen-bond acceptors (Lipinski definition) is 4. The summed E-state index contributed by atoms with van der Waals surface area (Å²) in [7, 11) is 0. The van der Waals surface area contributed by atoms with E-state index >= 15 is 0 Å². The van der Waals surface area contributed by atoms with Crippen molar-refractivity contribution in [1.82, 2.24) is 14.5 Å². The van der Waals surface area contributed by atoms with Crippen LogP contribution in [-0.4, -0.2) is 33.4 Å². The van der Waals surface area contributed by atoms with Crippen molar-refractivity contribution in [3.63, 3.8) is 0 Å². The number of allylic oxidation sites excluding steroid dienone is 1. The molecule has 46 heavy (non-hydrogen) atoms. The van der Waals surface area contributed by atoms with Gasteiger partial charge in [-0.1, -0.05) is 49.8 Å². The molecule has 2 fully saturated rings. The number of amides is 1. The van der Waals surface area contributed by atoms with Gasteiger partial charge in [-0.15, -0.1) is 11.3 Å². The Labute approximate surface area is 271 Å². The molecule has 2 aromatic heterocycles. The number of halogens is 3. The number of alkyl halides is 3. The second-order valence-corrected chi connectivity index (χ2v) is 13.7. The molecule has 1 aliphatic carbocycles. The molecule has 0 atom stereocenters. The van der Waals surface area contributed by atoms with E-state index in [4.69, 9.17) is 4.98 Å². The predicted octanol–water partition coefficient (Wildman–Crippen LogP) is 9.21. The zero-order valence-electron chi connectivity index (χ0n) is 26.6. The van der Waals surface area contributed by atoms with Crippen molar-refractivity contribution < 1.29 is 18.0 Å². The van der Waals surface area contributed by atoms with E-state index in [1.165, 1.54) is 23.5 Å². The molecule has 240 valence electrons. The zero-order chi connectivity index (χ0) is 32.8. The third-order valence-corrected chi connectivity index (χ3v) is 10.1. The summed E-state index contributed by atoms with van der Waals surface area (Å²) < 4.78 is 41.3. The van der Waals surface area contributed by atoms with Gasteiger partial charge in [0.1, 0.15) is 5.01 Å². The normalized spacial score (nSPS) is 15.7. The predicted molar refractivity (Wildman–Crippen MR) is 178 cm³/mol. The highest BCUT2D eigenvalue weighted by atomic mass is 32.1. The van der Waals surface area contributed by atoms with Gasteiger partial charge in [0.05, 0.1) is 33.8 Å². The van der Waals surface area contributed by atoms with Gasteiger partial charge in [-0.2, -0.15) is 13.2 Å². The largest absolute Gasteiger partial charge is 0.416 e.